The maximum absolute atomic E-state index is 13.1. The predicted molar refractivity (Wildman–Crippen MR) is 133 cm³/mol. The lowest BCUT2D eigenvalue weighted by molar-refractivity contribution is -0.137. The lowest BCUT2D eigenvalue weighted by Crippen LogP contribution is -2.29. The van der Waals surface area contributed by atoms with E-state index in [2.05, 4.69) is 11.9 Å². The molecule has 0 radical (unpaired) electrons. The van der Waals surface area contributed by atoms with Gasteiger partial charge in [-0.15, -0.1) is 11.8 Å². The molecule has 1 saturated heterocycles. The number of aliphatic hydroxyl groups is 1. The molecule has 4 N–H and O–H groups in total. The molecule has 2 heterocycles. The summed E-state index contributed by atoms with van der Waals surface area (Å²) in [5.41, 5.74) is 4.10. The Morgan fingerprint density at radius 1 is 1.24 bits per heavy atom. The number of nitrogens with zero attached hydrogens (tertiary/aromatic N) is 2. The van der Waals surface area contributed by atoms with E-state index >= 15 is 0 Å². The lowest BCUT2D eigenvalue weighted by atomic mass is 10.1. The van der Waals surface area contributed by atoms with Gasteiger partial charge in [-0.05, 0) is 24.3 Å². The third kappa shape index (κ3) is 13.2. The van der Waals surface area contributed by atoms with E-state index in [4.69, 9.17) is 20.7 Å². The molecule has 33 heavy (non-hydrogen) atoms. The number of carboxylic acids is 1. The Kier molecular flexibility index (Phi) is 16.3. The molecule has 8 nitrogen and oxygen atoms in total. The highest BCUT2D eigenvalue weighted by atomic mass is 32.2. The van der Waals surface area contributed by atoms with Crippen molar-refractivity contribution in [3.8, 4) is 0 Å². The molecule has 0 amide bonds. The quantitative estimate of drug-likeness (QED) is 0.298. The van der Waals surface area contributed by atoms with Crippen LogP contribution in [0.5, 0.6) is 0 Å². The molecule has 1 aliphatic rings. The van der Waals surface area contributed by atoms with Crippen molar-refractivity contribution in [2.45, 2.75) is 82.8 Å². The van der Waals surface area contributed by atoms with Crippen LogP contribution in [0.15, 0.2) is 11.0 Å². The van der Waals surface area contributed by atoms with Gasteiger partial charge in [-0.1, -0.05) is 51.9 Å². The van der Waals surface area contributed by atoms with Crippen molar-refractivity contribution in [1.82, 2.24) is 9.55 Å². The highest BCUT2D eigenvalue weighted by Crippen LogP contribution is 2.30. The number of hydrogen-bond donors (Lipinski definition) is 3. The molecule has 11 heteroatoms. The first kappa shape index (κ1) is 29.7. The van der Waals surface area contributed by atoms with E-state index in [0.717, 1.165) is 23.6 Å². The summed E-state index contributed by atoms with van der Waals surface area (Å²) in [4.78, 5) is 25.0. The summed E-state index contributed by atoms with van der Waals surface area (Å²) < 4.78 is 19.5. The van der Waals surface area contributed by atoms with Crippen molar-refractivity contribution >= 4 is 35.3 Å². The third-order valence-electron chi connectivity index (χ3n) is 5.01. The lowest BCUT2D eigenvalue weighted by Gasteiger charge is -2.13. The summed E-state index contributed by atoms with van der Waals surface area (Å²) in [6, 6.07) is 0. The molecule has 0 saturated carbocycles. The van der Waals surface area contributed by atoms with E-state index in [1.54, 1.807) is 0 Å². The molecule has 0 spiro atoms. The monoisotopic (exact) mass is 507 g/mol. The van der Waals surface area contributed by atoms with Gasteiger partial charge in [0.15, 0.2) is 11.6 Å². The Morgan fingerprint density at radius 2 is 1.85 bits per heavy atom. The van der Waals surface area contributed by atoms with Gasteiger partial charge < -0.3 is 20.7 Å². The SMILES string of the molecule is CCSCCCCCCCCCCCC(=O)O.Nc1nc(=O)n([C@@H]2CS[C@H](CO)O2)cc1F. The van der Waals surface area contributed by atoms with Crippen LogP contribution in [0, 0.1) is 5.82 Å². The predicted octanol–water partition coefficient (Wildman–Crippen LogP) is 4.27. The van der Waals surface area contributed by atoms with Crippen molar-refractivity contribution in [3.05, 3.63) is 22.5 Å². The normalized spacial score (nSPS) is 17.5. The summed E-state index contributed by atoms with van der Waals surface area (Å²) in [5, 5.41) is 17.3. The molecule has 1 aromatic rings. The van der Waals surface area contributed by atoms with Gasteiger partial charge in [0.1, 0.15) is 11.7 Å². The van der Waals surface area contributed by atoms with E-state index in [0.29, 0.717) is 12.2 Å². The Labute approximate surface area is 203 Å². The van der Waals surface area contributed by atoms with Gasteiger partial charge in [-0.25, -0.2) is 9.18 Å². The summed E-state index contributed by atoms with van der Waals surface area (Å²) >= 11 is 3.39. The van der Waals surface area contributed by atoms with Gasteiger partial charge in [0, 0.05) is 12.2 Å². The number of hydrogen-bond acceptors (Lipinski definition) is 8. The first-order valence-electron chi connectivity index (χ1n) is 11.6. The van der Waals surface area contributed by atoms with Crippen LogP contribution in [0.2, 0.25) is 0 Å². The second kappa shape index (κ2) is 18.1. The van der Waals surface area contributed by atoms with Crippen LogP contribution in [-0.2, 0) is 9.53 Å². The summed E-state index contributed by atoms with van der Waals surface area (Å²) in [6.45, 7) is 2.07. The van der Waals surface area contributed by atoms with Crippen LogP contribution in [0.4, 0.5) is 10.2 Å². The van der Waals surface area contributed by atoms with Gasteiger partial charge >= 0.3 is 11.7 Å². The van der Waals surface area contributed by atoms with Gasteiger partial charge in [0.2, 0.25) is 0 Å². The van der Waals surface area contributed by atoms with Gasteiger partial charge in [-0.3, -0.25) is 9.36 Å². The zero-order chi connectivity index (χ0) is 24.5. The second-order valence-corrected chi connectivity index (χ2v) is 10.3. The number of ether oxygens (including phenoxy) is 1. The summed E-state index contributed by atoms with van der Waals surface area (Å²) in [6.07, 6.45) is 11.9. The smallest absolute Gasteiger partial charge is 0.351 e. The molecule has 190 valence electrons. The van der Waals surface area contributed by atoms with Crippen molar-refractivity contribution in [1.29, 1.82) is 0 Å². The van der Waals surface area contributed by atoms with Crippen molar-refractivity contribution in [3.63, 3.8) is 0 Å². The highest BCUT2D eigenvalue weighted by molar-refractivity contribution is 8.00. The van der Waals surface area contributed by atoms with E-state index < -0.39 is 35.0 Å². The molecule has 1 aromatic heterocycles. The number of aromatic nitrogens is 2. The zero-order valence-electron chi connectivity index (χ0n) is 19.4. The van der Waals surface area contributed by atoms with Crippen LogP contribution >= 0.6 is 23.5 Å². The summed E-state index contributed by atoms with van der Waals surface area (Å²) in [5.74, 6) is 1.18. The molecular weight excluding hydrogens is 469 g/mol. The van der Waals surface area contributed by atoms with Crippen LogP contribution in [-0.4, -0.2) is 55.0 Å². The number of nitrogen functional groups attached to an aromatic ring is 1. The van der Waals surface area contributed by atoms with E-state index in [-0.39, 0.29) is 6.61 Å². The van der Waals surface area contributed by atoms with Crippen LogP contribution in [0.1, 0.15) is 77.4 Å². The number of thioether (sulfide) groups is 2. The first-order chi connectivity index (χ1) is 15.9. The van der Waals surface area contributed by atoms with Gasteiger partial charge in [0.25, 0.3) is 0 Å². The minimum Gasteiger partial charge on any atom is -0.481 e. The third-order valence-corrected chi connectivity index (χ3v) is 7.11. The molecule has 0 bridgehead atoms. The average molecular weight is 508 g/mol. The van der Waals surface area contributed by atoms with Crippen molar-refractivity contribution < 1.29 is 24.1 Å². The Morgan fingerprint density at radius 3 is 2.39 bits per heavy atom. The standard InChI is InChI=1S/C14H28O2S.C8H10FN3O3S/c1-2-17-13-11-9-7-5-3-4-6-8-10-12-14(15)16;9-4-1-12(8(14)11-7(4)10)5-3-16-6(2-13)15-5/h2-13H2,1H3,(H,15,16);1,5-6,13H,2-3H2,(H2,10,11,14)/t;5-,6+/m.0/s1. The number of unbranched alkanes of at least 4 members (excludes halogenated alkanes) is 8. The van der Waals surface area contributed by atoms with Crippen LogP contribution in [0.3, 0.4) is 0 Å². The number of carboxylic acid groups (broad SMARTS) is 1. The molecule has 1 fully saturated rings. The first-order valence-corrected chi connectivity index (χ1v) is 13.8. The number of anilines is 1. The Balaban J connectivity index is 0.000000330. The number of carbonyl (C=O) groups is 1. The number of aliphatic carboxylic acids is 1. The number of halogens is 1. The molecule has 2 atom stereocenters. The highest BCUT2D eigenvalue weighted by Gasteiger charge is 2.28. The minimum absolute atomic E-state index is 0.152. The molecule has 2 rings (SSSR count). The fraction of sp³-hybridized carbons (Fsp3) is 0.773. The maximum Gasteiger partial charge on any atom is 0.351 e. The molecule has 0 unspecified atom stereocenters. The topological polar surface area (TPSA) is 128 Å². The fourth-order valence-corrected chi connectivity index (χ4v) is 4.84. The number of nitrogens with two attached hydrogens (primary N) is 1. The van der Waals surface area contributed by atoms with Crippen LogP contribution in [0.25, 0.3) is 0 Å². The van der Waals surface area contributed by atoms with Gasteiger partial charge in [0.05, 0.1) is 12.8 Å². The zero-order valence-corrected chi connectivity index (χ0v) is 21.0. The summed E-state index contributed by atoms with van der Waals surface area (Å²) in [7, 11) is 0. The molecular formula is C22H38FN3O5S2. The largest absolute Gasteiger partial charge is 0.481 e. The fourth-order valence-electron chi connectivity index (χ4n) is 3.21. The van der Waals surface area contributed by atoms with Gasteiger partial charge in [-0.2, -0.15) is 16.7 Å². The number of aliphatic hydroxyl groups excluding tert-OH is 1. The number of rotatable bonds is 15. The minimum atomic E-state index is -0.763. The molecule has 1 aliphatic heterocycles. The second-order valence-electron chi connectivity index (χ2n) is 7.72. The van der Waals surface area contributed by atoms with Crippen molar-refractivity contribution in [2.75, 3.05) is 29.6 Å². The van der Waals surface area contributed by atoms with Crippen LogP contribution < -0.4 is 11.4 Å². The molecule has 0 aliphatic carbocycles. The van der Waals surface area contributed by atoms with Crippen molar-refractivity contribution in [2.24, 2.45) is 0 Å². The van der Waals surface area contributed by atoms with E-state index in [1.165, 1.54) is 68.2 Å². The van der Waals surface area contributed by atoms with E-state index in [1.807, 2.05) is 11.8 Å². The Bertz CT molecular complexity index is 738. The van der Waals surface area contributed by atoms with E-state index in [9.17, 15) is 14.0 Å². The Hall–Kier alpha value is -1.30. The maximum atomic E-state index is 13.1. The average Bonchev–Trinajstić information content (AvgIpc) is 3.26. The molecule has 0 aromatic carbocycles.